The average molecular weight is 442 g/mol. The number of aromatic nitrogens is 1. The summed E-state index contributed by atoms with van der Waals surface area (Å²) < 4.78 is 25.4. The van der Waals surface area contributed by atoms with Crippen molar-refractivity contribution in [2.24, 2.45) is 0 Å². The molecule has 0 spiro atoms. The lowest BCUT2D eigenvalue weighted by Gasteiger charge is -2.24. The van der Waals surface area contributed by atoms with Crippen molar-refractivity contribution in [2.75, 3.05) is 11.5 Å². The Labute approximate surface area is 188 Å². The number of pyridine rings is 1. The van der Waals surface area contributed by atoms with Crippen molar-refractivity contribution in [1.29, 1.82) is 0 Å². The lowest BCUT2D eigenvalue weighted by molar-refractivity contribution is 0.0970. The molecule has 33 heavy (non-hydrogen) atoms. The zero-order chi connectivity index (χ0) is 23.1. The van der Waals surface area contributed by atoms with E-state index in [0.717, 1.165) is 11.6 Å². The number of amides is 1. The van der Waals surface area contributed by atoms with E-state index in [4.69, 9.17) is 9.15 Å². The number of benzene rings is 2. The quantitative estimate of drug-likeness (QED) is 0.409. The van der Waals surface area contributed by atoms with Crippen molar-refractivity contribution >= 4 is 22.7 Å². The minimum atomic E-state index is -0.820. The van der Waals surface area contributed by atoms with Gasteiger partial charge in [-0.1, -0.05) is 30.9 Å². The number of anilines is 1. The summed E-state index contributed by atoms with van der Waals surface area (Å²) in [7, 11) is 0. The van der Waals surface area contributed by atoms with Crippen molar-refractivity contribution in [3.05, 3.63) is 112 Å². The number of rotatable bonds is 5. The van der Waals surface area contributed by atoms with Crippen molar-refractivity contribution in [1.82, 2.24) is 4.98 Å². The van der Waals surface area contributed by atoms with Crippen LogP contribution >= 0.6 is 0 Å². The molecule has 1 unspecified atom stereocenters. The topological polar surface area (TPSA) is 72.6 Å². The van der Waals surface area contributed by atoms with Crippen LogP contribution in [0, 0.1) is 12.7 Å². The first-order chi connectivity index (χ1) is 16.0. The maximum absolute atomic E-state index is 13.9. The van der Waals surface area contributed by atoms with Gasteiger partial charge in [0.25, 0.3) is 5.91 Å². The van der Waals surface area contributed by atoms with Crippen molar-refractivity contribution in [3.8, 4) is 5.75 Å². The zero-order valence-electron chi connectivity index (χ0n) is 17.7. The number of nitrogens with zero attached hydrogens (tertiary/aromatic N) is 2. The number of carbonyl (C=O) groups is 1. The SMILES string of the molecule is C=CCOc1cccc(C2c3c(oc4ccc(F)cc4c3=O)C(=O)N2c2ccc(C)cn2)c1. The zero-order valence-corrected chi connectivity index (χ0v) is 17.7. The van der Waals surface area contributed by atoms with Gasteiger partial charge in [0.15, 0.2) is 5.43 Å². The minimum absolute atomic E-state index is 0.0735. The van der Waals surface area contributed by atoms with Gasteiger partial charge >= 0.3 is 0 Å². The Kier molecular flexibility index (Phi) is 5.01. The molecule has 0 aliphatic carbocycles. The number of ether oxygens (including phenoxy) is 1. The summed E-state index contributed by atoms with van der Waals surface area (Å²) >= 11 is 0. The highest BCUT2D eigenvalue weighted by atomic mass is 19.1. The second-order valence-corrected chi connectivity index (χ2v) is 7.76. The molecule has 0 radical (unpaired) electrons. The Morgan fingerprint density at radius 1 is 1.18 bits per heavy atom. The van der Waals surface area contributed by atoms with Crippen LogP contribution in [0.5, 0.6) is 5.75 Å². The van der Waals surface area contributed by atoms with E-state index in [1.807, 2.05) is 13.0 Å². The van der Waals surface area contributed by atoms with Crippen LogP contribution in [-0.2, 0) is 0 Å². The molecule has 0 N–H and O–H groups in total. The normalized spacial score (nSPS) is 15.0. The third-order valence-corrected chi connectivity index (χ3v) is 5.52. The number of fused-ring (bicyclic) bond motifs is 2. The number of aryl methyl sites for hydroxylation is 1. The third-order valence-electron chi connectivity index (χ3n) is 5.52. The van der Waals surface area contributed by atoms with Gasteiger partial charge in [0, 0.05) is 6.20 Å². The van der Waals surface area contributed by atoms with Gasteiger partial charge in [0.1, 0.15) is 29.6 Å². The second-order valence-electron chi connectivity index (χ2n) is 7.76. The monoisotopic (exact) mass is 442 g/mol. The van der Waals surface area contributed by atoms with E-state index in [0.29, 0.717) is 23.7 Å². The van der Waals surface area contributed by atoms with E-state index in [1.54, 1.807) is 42.6 Å². The standard InChI is InChI=1S/C26H19FN2O4/c1-3-11-32-18-6-4-5-16(12-18)23-22-24(30)19-13-17(27)8-9-20(19)33-25(22)26(31)29(23)21-10-7-15(2)14-28-21/h3-10,12-14,23H,1,11H2,2H3. The van der Waals surface area contributed by atoms with Gasteiger partial charge in [-0.15, -0.1) is 0 Å². The molecule has 2 aromatic heterocycles. The first-order valence-corrected chi connectivity index (χ1v) is 10.3. The molecule has 7 heteroatoms. The van der Waals surface area contributed by atoms with E-state index in [1.165, 1.54) is 17.0 Å². The molecular weight excluding hydrogens is 423 g/mol. The third kappa shape index (κ3) is 3.47. The number of carbonyl (C=O) groups excluding carboxylic acids is 1. The maximum atomic E-state index is 13.9. The molecule has 1 aliphatic heterocycles. The van der Waals surface area contributed by atoms with Gasteiger partial charge in [-0.05, 0) is 54.4 Å². The average Bonchev–Trinajstić information content (AvgIpc) is 3.11. The molecule has 3 heterocycles. The van der Waals surface area contributed by atoms with Crippen LogP contribution in [-0.4, -0.2) is 17.5 Å². The van der Waals surface area contributed by atoms with Gasteiger partial charge in [0.05, 0.1) is 17.0 Å². The molecule has 5 rings (SSSR count). The molecular formula is C26H19FN2O4. The van der Waals surface area contributed by atoms with Gasteiger partial charge in [-0.3, -0.25) is 14.5 Å². The number of hydrogen-bond acceptors (Lipinski definition) is 5. The lowest BCUT2D eigenvalue weighted by Crippen LogP contribution is -2.30. The van der Waals surface area contributed by atoms with E-state index in [9.17, 15) is 14.0 Å². The van der Waals surface area contributed by atoms with Crippen molar-refractivity contribution in [3.63, 3.8) is 0 Å². The van der Waals surface area contributed by atoms with Gasteiger partial charge < -0.3 is 9.15 Å². The van der Waals surface area contributed by atoms with E-state index >= 15 is 0 Å². The van der Waals surface area contributed by atoms with Crippen LogP contribution in [0.25, 0.3) is 11.0 Å². The Morgan fingerprint density at radius 3 is 2.79 bits per heavy atom. The van der Waals surface area contributed by atoms with Crippen molar-refractivity contribution < 1.29 is 18.3 Å². The molecule has 0 saturated carbocycles. The molecule has 0 bridgehead atoms. The second kappa shape index (κ2) is 8.02. The molecule has 1 aliphatic rings. The molecule has 0 saturated heterocycles. The summed E-state index contributed by atoms with van der Waals surface area (Å²) in [5.41, 5.74) is 1.38. The lowest BCUT2D eigenvalue weighted by atomic mass is 9.98. The fraction of sp³-hybridized carbons (Fsp3) is 0.115. The number of hydrogen-bond donors (Lipinski definition) is 0. The minimum Gasteiger partial charge on any atom is -0.490 e. The van der Waals surface area contributed by atoms with Crippen LogP contribution in [0.4, 0.5) is 10.2 Å². The van der Waals surface area contributed by atoms with E-state index < -0.39 is 23.2 Å². The summed E-state index contributed by atoms with van der Waals surface area (Å²) in [6.45, 7) is 5.85. The Bertz CT molecular complexity index is 1460. The summed E-state index contributed by atoms with van der Waals surface area (Å²) in [6, 6.07) is 13.5. The van der Waals surface area contributed by atoms with Gasteiger partial charge in [-0.2, -0.15) is 0 Å². The van der Waals surface area contributed by atoms with Crippen LogP contribution in [0.2, 0.25) is 0 Å². The maximum Gasteiger partial charge on any atom is 0.296 e. The van der Waals surface area contributed by atoms with E-state index in [-0.39, 0.29) is 22.3 Å². The van der Waals surface area contributed by atoms with Crippen LogP contribution in [0.1, 0.15) is 33.3 Å². The fourth-order valence-corrected chi connectivity index (χ4v) is 4.03. The summed E-state index contributed by atoms with van der Waals surface area (Å²) in [5, 5.41) is 0.0735. The molecule has 6 nitrogen and oxygen atoms in total. The van der Waals surface area contributed by atoms with Crippen LogP contribution in [0.15, 0.2) is 82.7 Å². The highest BCUT2D eigenvalue weighted by Gasteiger charge is 2.44. The summed E-state index contributed by atoms with van der Waals surface area (Å²) in [4.78, 5) is 32.9. The van der Waals surface area contributed by atoms with E-state index in [2.05, 4.69) is 11.6 Å². The molecule has 0 fully saturated rings. The fourth-order valence-electron chi connectivity index (χ4n) is 4.03. The highest BCUT2D eigenvalue weighted by Crippen LogP contribution is 2.41. The van der Waals surface area contributed by atoms with Gasteiger partial charge in [-0.25, -0.2) is 9.37 Å². The highest BCUT2D eigenvalue weighted by molar-refractivity contribution is 6.10. The molecule has 1 amide bonds. The Morgan fingerprint density at radius 2 is 2.03 bits per heavy atom. The summed E-state index contributed by atoms with van der Waals surface area (Å²) in [5.74, 6) is -0.209. The van der Waals surface area contributed by atoms with Crippen LogP contribution in [0.3, 0.4) is 0 Å². The van der Waals surface area contributed by atoms with Gasteiger partial charge in [0.2, 0.25) is 5.76 Å². The molecule has 1 atom stereocenters. The molecule has 2 aromatic carbocycles. The van der Waals surface area contributed by atoms with Crippen molar-refractivity contribution in [2.45, 2.75) is 13.0 Å². The Balaban J connectivity index is 1.76. The first-order valence-electron chi connectivity index (χ1n) is 10.3. The summed E-state index contributed by atoms with van der Waals surface area (Å²) in [6.07, 6.45) is 3.27. The van der Waals surface area contributed by atoms with Crippen LogP contribution < -0.4 is 15.1 Å². The number of halogens is 1. The predicted molar refractivity (Wildman–Crippen MR) is 122 cm³/mol. The largest absolute Gasteiger partial charge is 0.490 e. The predicted octanol–water partition coefficient (Wildman–Crippen LogP) is 4.95. The first kappa shape index (κ1) is 20.6. The Hall–Kier alpha value is -4.26. The smallest absolute Gasteiger partial charge is 0.296 e. The molecule has 164 valence electrons. The molecule has 4 aromatic rings.